The molecule has 2 aliphatic rings. The van der Waals surface area contributed by atoms with Crippen molar-refractivity contribution in [1.29, 1.82) is 5.26 Å². The molecule has 0 unspecified atom stereocenters. The number of rotatable bonds is 7. The predicted molar refractivity (Wildman–Crippen MR) is 177 cm³/mol. The summed E-state index contributed by atoms with van der Waals surface area (Å²) >= 11 is 1.06. The van der Waals surface area contributed by atoms with Gasteiger partial charge in [0.2, 0.25) is 5.91 Å². The zero-order chi connectivity index (χ0) is 33.7. The number of carbonyl (C=O) groups excluding carboxylic acids is 1. The van der Waals surface area contributed by atoms with Gasteiger partial charge < -0.3 is 14.9 Å². The van der Waals surface area contributed by atoms with Crippen LogP contribution in [0.5, 0.6) is 0 Å². The molecule has 0 aliphatic carbocycles. The van der Waals surface area contributed by atoms with Gasteiger partial charge in [-0.15, -0.1) is 11.3 Å². The summed E-state index contributed by atoms with van der Waals surface area (Å²) in [5.41, 5.74) is 4.08. The Hall–Kier alpha value is -4.77. The largest absolute Gasteiger partial charge is 0.389 e. The SMILES string of the molecule is CCc1nc2c(F)cc(N3CCN(CC(=O)N4CC(O)C4)CC3)cn2c1-c1ccc(-c2nc(-c3ccc(F)cc3)c(C#N)s2)c(F)c1C. The number of imidazole rings is 1. The first-order valence-corrected chi connectivity index (χ1v) is 16.6. The highest BCUT2D eigenvalue weighted by atomic mass is 32.1. The van der Waals surface area contributed by atoms with Gasteiger partial charge in [0, 0.05) is 68.2 Å². The second-order valence-corrected chi connectivity index (χ2v) is 13.1. The summed E-state index contributed by atoms with van der Waals surface area (Å²) in [7, 11) is 0. The van der Waals surface area contributed by atoms with Crippen molar-refractivity contribution in [3.8, 4) is 39.2 Å². The van der Waals surface area contributed by atoms with Crippen LogP contribution in [0.3, 0.4) is 0 Å². The van der Waals surface area contributed by atoms with Crippen molar-refractivity contribution >= 4 is 28.6 Å². The minimum absolute atomic E-state index is 0.00123. The molecule has 3 aromatic heterocycles. The maximum atomic E-state index is 16.2. The van der Waals surface area contributed by atoms with E-state index in [1.807, 2.05) is 13.1 Å². The Kier molecular flexibility index (Phi) is 8.41. The molecule has 0 saturated carbocycles. The first-order chi connectivity index (χ1) is 23.1. The first-order valence-electron chi connectivity index (χ1n) is 15.8. The molecule has 2 saturated heterocycles. The van der Waals surface area contributed by atoms with E-state index in [2.05, 4.69) is 25.8 Å². The Morgan fingerprint density at radius 2 is 1.75 bits per heavy atom. The molecule has 0 radical (unpaired) electrons. The van der Waals surface area contributed by atoms with Crippen molar-refractivity contribution in [2.24, 2.45) is 0 Å². The number of aliphatic hydroxyl groups excluding tert-OH is 1. The lowest BCUT2D eigenvalue weighted by molar-refractivity contribution is -0.142. The number of anilines is 1. The number of hydrogen-bond donors (Lipinski definition) is 1. The summed E-state index contributed by atoms with van der Waals surface area (Å²) in [6, 6.07) is 12.6. The van der Waals surface area contributed by atoms with Crippen molar-refractivity contribution in [3.05, 3.63) is 82.2 Å². The summed E-state index contributed by atoms with van der Waals surface area (Å²) in [5, 5.41) is 19.6. The number of nitrogens with zero attached hydrogens (tertiary/aromatic N) is 7. The average Bonchev–Trinajstić information content (AvgIpc) is 3.67. The molecule has 1 N–H and O–H groups in total. The fraction of sp³-hybridized carbons (Fsp3) is 0.314. The number of likely N-dealkylation sites (tertiary alicyclic amines) is 1. The Morgan fingerprint density at radius 3 is 2.42 bits per heavy atom. The van der Waals surface area contributed by atoms with Gasteiger partial charge in [-0.05, 0) is 49.2 Å². The number of aryl methyl sites for hydroxylation is 1. The van der Waals surface area contributed by atoms with Crippen molar-refractivity contribution in [2.45, 2.75) is 26.4 Å². The molecule has 0 bridgehead atoms. The van der Waals surface area contributed by atoms with Crippen molar-refractivity contribution in [3.63, 3.8) is 0 Å². The summed E-state index contributed by atoms with van der Waals surface area (Å²) in [4.78, 5) is 27.7. The number of pyridine rings is 1. The summed E-state index contributed by atoms with van der Waals surface area (Å²) in [6.45, 7) is 7.04. The van der Waals surface area contributed by atoms with E-state index in [0.717, 1.165) is 11.3 Å². The van der Waals surface area contributed by atoms with Crippen LogP contribution < -0.4 is 4.90 Å². The minimum Gasteiger partial charge on any atom is -0.389 e. The van der Waals surface area contributed by atoms with E-state index in [1.54, 1.807) is 28.4 Å². The Morgan fingerprint density at radius 1 is 1.04 bits per heavy atom. The molecule has 5 aromatic rings. The monoisotopic (exact) mass is 671 g/mol. The van der Waals surface area contributed by atoms with Crippen LogP contribution in [0.2, 0.25) is 0 Å². The number of fused-ring (bicyclic) bond motifs is 1. The lowest BCUT2D eigenvalue weighted by Gasteiger charge is -2.39. The number of nitriles is 1. The standard InChI is InChI=1S/C35H32F3N7O2S/c1-3-28-33(25-8-9-26(31(38)20(25)2)35-41-32(29(15-39)48-35)21-4-6-22(36)7-5-21)45-16-23(14-27(37)34(45)40-28)43-12-10-42(11-13-43)19-30(47)44-17-24(46)18-44/h4-9,14,16,24,46H,3,10-13,17-19H2,1-2H3. The van der Waals surface area contributed by atoms with Gasteiger partial charge in [0.1, 0.15) is 27.6 Å². The number of β-amino-alcohol motifs (C(OH)–C–C–N with tert-alkyl or cyclic N) is 1. The van der Waals surface area contributed by atoms with Gasteiger partial charge in [-0.2, -0.15) is 5.26 Å². The molecule has 246 valence electrons. The van der Waals surface area contributed by atoms with E-state index in [0.29, 0.717) is 95.0 Å². The first kappa shape index (κ1) is 31.8. The highest BCUT2D eigenvalue weighted by Crippen LogP contribution is 2.39. The van der Waals surface area contributed by atoms with Crippen molar-refractivity contribution in [2.75, 3.05) is 50.7 Å². The van der Waals surface area contributed by atoms with E-state index in [1.165, 1.54) is 30.3 Å². The van der Waals surface area contributed by atoms with Crippen molar-refractivity contribution < 1.29 is 23.1 Å². The van der Waals surface area contributed by atoms with Crippen LogP contribution in [-0.2, 0) is 11.2 Å². The summed E-state index contributed by atoms with van der Waals surface area (Å²) < 4.78 is 47.1. The molecule has 2 fully saturated rings. The van der Waals surface area contributed by atoms with Crippen LogP contribution in [0.1, 0.15) is 23.1 Å². The fourth-order valence-corrected chi connectivity index (χ4v) is 7.28. The zero-order valence-corrected chi connectivity index (χ0v) is 27.2. The number of thiazole rings is 1. The van der Waals surface area contributed by atoms with Gasteiger partial charge in [-0.25, -0.2) is 23.1 Å². The van der Waals surface area contributed by atoms with Gasteiger partial charge in [0.15, 0.2) is 11.5 Å². The number of hydrogen-bond acceptors (Lipinski definition) is 8. The van der Waals surface area contributed by atoms with Crippen LogP contribution in [0.4, 0.5) is 18.9 Å². The number of halogens is 3. The molecule has 13 heteroatoms. The van der Waals surface area contributed by atoms with E-state index >= 15 is 8.78 Å². The highest BCUT2D eigenvalue weighted by Gasteiger charge is 2.31. The van der Waals surface area contributed by atoms with E-state index in [-0.39, 0.29) is 23.7 Å². The molecule has 48 heavy (non-hydrogen) atoms. The minimum atomic E-state index is -0.511. The van der Waals surface area contributed by atoms with E-state index in [9.17, 15) is 19.6 Å². The molecule has 7 rings (SSSR count). The lowest BCUT2D eigenvalue weighted by Crippen LogP contribution is -2.57. The molecule has 9 nitrogen and oxygen atoms in total. The molecule has 0 spiro atoms. The number of carbonyl (C=O) groups is 1. The lowest BCUT2D eigenvalue weighted by atomic mass is 9.99. The molecule has 2 aromatic carbocycles. The molecule has 1 amide bonds. The van der Waals surface area contributed by atoms with Gasteiger partial charge >= 0.3 is 0 Å². The summed E-state index contributed by atoms with van der Waals surface area (Å²) in [5.74, 6) is -1.41. The molecular formula is C35H32F3N7O2S. The maximum absolute atomic E-state index is 16.2. The fourth-order valence-electron chi connectivity index (χ4n) is 6.38. The smallest absolute Gasteiger partial charge is 0.236 e. The molecule has 2 aliphatic heterocycles. The summed E-state index contributed by atoms with van der Waals surface area (Å²) in [6.07, 6.45) is 1.89. The number of benzene rings is 2. The van der Waals surface area contributed by atoms with Crippen LogP contribution in [0.15, 0.2) is 48.7 Å². The average molecular weight is 672 g/mol. The topological polar surface area (TPSA) is 101 Å². The number of amides is 1. The van der Waals surface area contributed by atoms with Gasteiger partial charge in [0.25, 0.3) is 0 Å². The Labute approximate surface area is 279 Å². The van der Waals surface area contributed by atoms with Gasteiger partial charge in [0.05, 0.1) is 35.4 Å². The number of piperazine rings is 1. The van der Waals surface area contributed by atoms with Crippen LogP contribution >= 0.6 is 11.3 Å². The second-order valence-electron chi connectivity index (χ2n) is 12.1. The van der Waals surface area contributed by atoms with Crippen LogP contribution in [0.25, 0.3) is 38.7 Å². The van der Waals surface area contributed by atoms with E-state index < -0.39 is 23.6 Å². The second kappa shape index (κ2) is 12.7. The van der Waals surface area contributed by atoms with Crippen LogP contribution in [0, 0.1) is 35.7 Å². The third kappa shape index (κ3) is 5.70. The normalized spacial score (nSPS) is 15.6. The Bertz CT molecular complexity index is 2070. The quantitative estimate of drug-likeness (QED) is 0.252. The number of aromatic nitrogens is 3. The zero-order valence-electron chi connectivity index (χ0n) is 26.4. The van der Waals surface area contributed by atoms with Gasteiger partial charge in [-0.3, -0.25) is 14.1 Å². The van der Waals surface area contributed by atoms with Gasteiger partial charge in [-0.1, -0.05) is 13.0 Å². The van der Waals surface area contributed by atoms with Crippen LogP contribution in [-0.4, -0.2) is 87.1 Å². The third-order valence-corrected chi connectivity index (χ3v) is 10.1. The third-order valence-electron chi connectivity index (χ3n) is 9.10. The maximum Gasteiger partial charge on any atom is 0.236 e. The molecule has 0 atom stereocenters. The molecule has 5 heterocycles. The number of aliphatic hydroxyl groups is 1. The van der Waals surface area contributed by atoms with E-state index in [4.69, 9.17) is 0 Å². The predicted octanol–water partition coefficient (Wildman–Crippen LogP) is 5.28. The van der Waals surface area contributed by atoms with Crippen molar-refractivity contribution in [1.82, 2.24) is 24.2 Å². The molecular weight excluding hydrogens is 639 g/mol. The Balaban J connectivity index is 1.19. The highest BCUT2D eigenvalue weighted by molar-refractivity contribution is 7.16.